The Balaban J connectivity index is 1.65. The molecule has 2 fully saturated rings. The third kappa shape index (κ3) is 3.61. The Bertz CT molecular complexity index is 441. The van der Waals surface area contributed by atoms with E-state index >= 15 is 0 Å². The van der Waals surface area contributed by atoms with Gasteiger partial charge in [0.15, 0.2) is 0 Å². The van der Waals surface area contributed by atoms with Crippen molar-refractivity contribution < 1.29 is 0 Å². The second-order valence-corrected chi connectivity index (χ2v) is 6.19. The van der Waals surface area contributed by atoms with Crippen molar-refractivity contribution in [2.45, 2.75) is 45.2 Å². The molecule has 2 saturated carbocycles. The largest absolute Gasteiger partial charge is 0.355 e. The first-order valence-corrected chi connectivity index (χ1v) is 7.76. The normalized spacial score (nSPS) is 18.6. The number of halogens is 1. The summed E-state index contributed by atoms with van der Waals surface area (Å²) in [5, 5.41) is 4.28. The smallest absolute Gasteiger partial charge is 0.147 e. The van der Waals surface area contributed by atoms with Crippen LogP contribution in [0.15, 0.2) is 12.3 Å². The minimum atomic E-state index is 0.723. The average Bonchev–Trinajstić information content (AvgIpc) is 3.28. The van der Waals surface area contributed by atoms with Crippen molar-refractivity contribution in [2.24, 2.45) is 5.92 Å². The van der Waals surface area contributed by atoms with Gasteiger partial charge < -0.3 is 10.2 Å². The topological polar surface area (TPSA) is 28.2 Å². The second kappa shape index (κ2) is 5.68. The Morgan fingerprint density at radius 1 is 1.37 bits per heavy atom. The number of nitrogens with one attached hydrogen (secondary N) is 1. The SMILES string of the molecule is CCN(CC1CC1)c1ncc(CNC2CC2)cc1Cl. The van der Waals surface area contributed by atoms with E-state index in [4.69, 9.17) is 11.6 Å². The van der Waals surface area contributed by atoms with Crippen molar-refractivity contribution in [3.8, 4) is 0 Å². The van der Waals surface area contributed by atoms with Crippen LogP contribution in [-0.4, -0.2) is 24.1 Å². The molecule has 2 aliphatic rings. The van der Waals surface area contributed by atoms with Gasteiger partial charge in [-0.2, -0.15) is 0 Å². The lowest BCUT2D eigenvalue weighted by atomic mass is 10.2. The average molecular weight is 280 g/mol. The summed E-state index contributed by atoms with van der Waals surface area (Å²) in [6.07, 6.45) is 7.30. The van der Waals surface area contributed by atoms with E-state index in [1.807, 2.05) is 6.20 Å². The zero-order chi connectivity index (χ0) is 13.2. The van der Waals surface area contributed by atoms with Gasteiger partial charge in [-0.25, -0.2) is 4.98 Å². The summed E-state index contributed by atoms with van der Waals surface area (Å²) in [6.45, 7) is 5.13. The summed E-state index contributed by atoms with van der Waals surface area (Å²) in [4.78, 5) is 6.89. The fraction of sp³-hybridized carbons (Fsp3) is 0.667. The minimum absolute atomic E-state index is 0.723. The molecule has 1 N–H and O–H groups in total. The first-order chi connectivity index (χ1) is 9.26. The van der Waals surface area contributed by atoms with Gasteiger partial charge in [0.05, 0.1) is 5.02 Å². The molecule has 19 heavy (non-hydrogen) atoms. The lowest BCUT2D eigenvalue weighted by Gasteiger charge is -2.23. The van der Waals surface area contributed by atoms with Gasteiger partial charge in [0.1, 0.15) is 5.82 Å². The van der Waals surface area contributed by atoms with E-state index in [0.717, 1.165) is 42.4 Å². The highest BCUT2D eigenvalue weighted by atomic mass is 35.5. The zero-order valence-electron chi connectivity index (χ0n) is 11.5. The predicted octanol–water partition coefficient (Wildman–Crippen LogP) is 3.22. The number of hydrogen-bond donors (Lipinski definition) is 1. The molecule has 3 nitrogen and oxygen atoms in total. The molecule has 0 bridgehead atoms. The van der Waals surface area contributed by atoms with Gasteiger partial charge in [0.25, 0.3) is 0 Å². The van der Waals surface area contributed by atoms with E-state index in [0.29, 0.717) is 0 Å². The number of hydrogen-bond acceptors (Lipinski definition) is 3. The molecular formula is C15H22ClN3. The van der Waals surface area contributed by atoms with E-state index in [1.165, 1.54) is 31.2 Å². The molecule has 0 unspecified atom stereocenters. The van der Waals surface area contributed by atoms with Crippen LogP contribution in [0, 0.1) is 5.92 Å². The van der Waals surface area contributed by atoms with Crippen molar-refractivity contribution in [2.75, 3.05) is 18.0 Å². The number of nitrogens with zero attached hydrogens (tertiary/aromatic N) is 2. The molecule has 2 aliphatic carbocycles. The lowest BCUT2D eigenvalue weighted by molar-refractivity contribution is 0.684. The molecular weight excluding hydrogens is 258 g/mol. The van der Waals surface area contributed by atoms with Crippen molar-refractivity contribution in [3.05, 3.63) is 22.8 Å². The van der Waals surface area contributed by atoms with Crippen LogP contribution >= 0.6 is 11.6 Å². The van der Waals surface area contributed by atoms with Crippen molar-refractivity contribution in [3.63, 3.8) is 0 Å². The van der Waals surface area contributed by atoms with Crippen LogP contribution in [0.3, 0.4) is 0 Å². The fourth-order valence-electron chi connectivity index (χ4n) is 2.33. The molecule has 1 aromatic heterocycles. The van der Waals surface area contributed by atoms with E-state index in [9.17, 15) is 0 Å². The van der Waals surface area contributed by atoms with Crippen LogP contribution in [0.25, 0.3) is 0 Å². The van der Waals surface area contributed by atoms with Gasteiger partial charge in [-0.05, 0) is 50.2 Å². The van der Waals surface area contributed by atoms with Crippen LogP contribution in [0.2, 0.25) is 5.02 Å². The highest BCUT2D eigenvalue weighted by molar-refractivity contribution is 6.33. The van der Waals surface area contributed by atoms with E-state index in [-0.39, 0.29) is 0 Å². The maximum Gasteiger partial charge on any atom is 0.147 e. The van der Waals surface area contributed by atoms with Crippen molar-refractivity contribution >= 4 is 17.4 Å². The Labute approximate surface area is 120 Å². The summed E-state index contributed by atoms with van der Waals surface area (Å²) in [7, 11) is 0. The van der Waals surface area contributed by atoms with E-state index < -0.39 is 0 Å². The number of aromatic nitrogens is 1. The van der Waals surface area contributed by atoms with E-state index in [1.54, 1.807) is 0 Å². The quantitative estimate of drug-likeness (QED) is 0.831. The Hall–Kier alpha value is -0.800. The highest BCUT2D eigenvalue weighted by Crippen LogP contribution is 2.33. The van der Waals surface area contributed by atoms with Crippen molar-refractivity contribution in [1.82, 2.24) is 10.3 Å². The molecule has 0 atom stereocenters. The third-order valence-corrected chi connectivity index (χ3v) is 4.19. The highest BCUT2D eigenvalue weighted by Gasteiger charge is 2.25. The van der Waals surface area contributed by atoms with E-state index in [2.05, 4.69) is 28.2 Å². The molecule has 0 aromatic carbocycles. The van der Waals surface area contributed by atoms with Crippen LogP contribution < -0.4 is 10.2 Å². The van der Waals surface area contributed by atoms with Crippen LogP contribution in [-0.2, 0) is 6.54 Å². The summed E-state index contributed by atoms with van der Waals surface area (Å²) in [6, 6.07) is 2.79. The molecule has 104 valence electrons. The number of rotatable bonds is 7. The maximum atomic E-state index is 6.41. The van der Waals surface area contributed by atoms with Gasteiger partial charge >= 0.3 is 0 Å². The Morgan fingerprint density at radius 2 is 2.16 bits per heavy atom. The summed E-state index contributed by atoms with van der Waals surface area (Å²) in [5.41, 5.74) is 1.18. The summed E-state index contributed by atoms with van der Waals surface area (Å²) in [5.74, 6) is 1.81. The van der Waals surface area contributed by atoms with Gasteiger partial charge in [-0.1, -0.05) is 11.6 Å². The first kappa shape index (κ1) is 13.2. The standard InChI is InChI=1S/C15H22ClN3/c1-2-19(10-11-3-4-11)15-14(16)7-12(9-18-15)8-17-13-5-6-13/h7,9,11,13,17H,2-6,8,10H2,1H3. The number of pyridine rings is 1. The molecule has 0 saturated heterocycles. The molecule has 0 amide bonds. The zero-order valence-corrected chi connectivity index (χ0v) is 12.3. The molecule has 0 spiro atoms. The lowest BCUT2D eigenvalue weighted by Crippen LogP contribution is -2.26. The molecule has 0 radical (unpaired) electrons. The molecule has 3 rings (SSSR count). The second-order valence-electron chi connectivity index (χ2n) is 5.79. The predicted molar refractivity (Wildman–Crippen MR) is 79.7 cm³/mol. The minimum Gasteiger partial charge on any atom is -0.355 e. The van der Waals surface area contributed by atoms with Crippen LogP contribution in [0.5, 0.6) is 0 Å². The molecule has 0 aliphatic heterocycles. The summed E-state index contributed by atoms with van der Waals surface area (Å²) < 4.78 is 0. The maximum absolute atomic E-state index is 6.41. The van der Waals surface area contributed by atoms with Gasteiger partial charge in [-0.3, -0.25) is 0 Å². The van der Waals surface area contributed by atoms with Gasteiger partial charge in [-0.15, -0.1) is 0 Å². The van der Waals surface area contributed by atoms with Gasteiger partial charge in [0.2, 0.25) is 0 Å². The van der Waals surface area contributed by atoms with Crippen LogP contribution in [0.1, 0.15) is 38.2 Å². The molecule has 1 aromatic rings. The Kier molecular flexibility index (Phi) is 3.94. The Morgan fingerprint density at radius 3 is 2.74 bits per heavy atom. The molecule has 4 heteroatoms. The monoisotopic (exact) mass is 279 g/mol. The van der Waals surface area contributed by atoms with Crippen molar-refractivity contribution in [1.29, 1.82) is 0 Å². The first-order valence-electron chi connectivity index (χ1n) is 7.39. The fourth-order valence-corrected chi connectivity index (χ4v) is 2.64. The molecule has 1 heterocycles. The third-order valence-electron chi connectivity index (χ3n) is 3.91. The van der Waals surface area contributed by atoms with Crippen LogP contribution in [0.4, 0.5) is 5.82 Å². The summed E-state index contributed by atoms with van der Waals surface area (Å²) >= 11 is 6.41. The number of anilines is 1. The van der Waals surface area contributed by atoms with Gasteiger partial charge in [0, 0.05) is 31.9 Å².